The van der Waals surface area contributed by atoms with Crippen molar-refractivity contribution in [3.63, 3.8) is 0 Å². The third-order valence-electron chi connectivity index (χ3n) is 4.88. The van der Waals surface area contributed by atoms with Crippen LogP contribution in [0, 0.1) is 0 Å². The third kappa shape index (κ3) is 7.07. The monoisotopic (exact) mass is 455 g/mol. The van der Waals surface area contributed by atoms with Crippen molar-refractivity contribution in [2.75, 3.05) is 6.61 Å². The number of aliphatic hydroxyl groups excluding tert-OH is 1. The molecule has 2 amide bonds. The van der Waals surface area contributed by atoms with Crippen LogP contribution in [0.3, 0.4) is 0 Å². The van der Waals surface area contributed by atoms with Crippen molar-refractivity contribution in [2.24, 2.45) is 5.73 Å². The van der Waals surface area contributed by atoms with Gasteiger partial charge in [0.25, 0.3) is 0 Å². The molecule has 1 aromatic heterocycles. The van der Waals surface area contributed by atoms with Crippen LogP contribution in [0.1, 0.15) is 21.9 Å². The Morgan fingerprint density at radius 3 is 2.38 bits per heavy atom. The predicted molar refractivity (Wildman–Crippen MR) is 120 cm³/mol. The van der Waals surface area contributed by atoms with Crippen LogP contribution in [0.5, 0.6) is 0 Å². The van der Waals surface area contributed by atoms with Gasteiger partial charge >= 0.3 is 12.2 Å². The first kappa shape index (κ1) is 23.2. The fourth-order valence-corrected chi connectivity index (χ4v) is 3.89. The number of carbonyl (C=O) groups is 2. The van der Waals surface area contributed by atoms with E-state index >= 15 is 0 Å². The molecule has 8 nitrogen and oxygen atoms in total. The molecule has 3 rings (SSSR count). The molecular weight excluding hydrogens is 430 g/mol. The van der Waals surface area contributed by atoms with Crippen LogP contribution in [0.25, 0.3) is 0 Å². The van der Waals surface area contributed by atoms with Crippen molar-refractivity contribution in [3.8, 4) is 0 Å². The van der Waals surface area contributed by atoms with E-state index in [9.17, 15) is 14.7 Å². The normalized spacial score (nSPS) is 13.5. The summed E-state index contributed by atoms with van der Waals surface area (Å²) in [7, 11) is 0. The van der Waals surface area contributed by atoms with Gasteiger partial charge in [0, 0.05) is 12.1 Å². The van der Waals surface area contributed by atoms with Gasteiger partial charge in [0.2, 0.25) is 0 Å². The number of aromatic nitrogens is 1. The van der Waals surface area contributed by atoms with Gasteiger partial charge in [0.1, 0.15) is 19.3 Å². The quantitative estimate of drug-likeness (QED) is 0.431. The van der Waals surface area contributed by atoms with E-state index in [1.807, 2.05) is 60.7 Å². The molecule has 3 aromatic rings. The number of nitrogens with one attached hydrogen (secondary N) is 1. The lowest BCUT2D eigenvalue weighted by atomic mass is 9.83. The van der Waals surface area contributed by atoms with Crippen molar-refractivity contribution in [2.45, 2.75) is 31.1 Å². The second-order valence-electron chi connectivity index (χ2n) is 7.12. The van der Waals surface area contributed by atoms with Crippen LogP contribution in [-0.4, -0.2) is 41.0 Å². The smallest absolute Gasteiger partial charge is 0.407 e. The second kappa shape index (κ2) is 11.8. The molecule has 0 radical (unpaired) electrons. The minimum atomic E-state index is -1.22. The van der Waals surface area contributed by atoms with Crippen LogP contribution in [-0.2, 0) is 22.5 Å². The summed E-state index contributed by atoms with van der Waals surface area (Å²) in [5.74, 6) is -0.332. The Kier molecular flexibility index (Phi) is 8.59. The fourth-order valence-electron chi connectivity index (χ4n) is 3.38. The molecule has 0 aliphatic carbocycles. The maximum atomic E-state index is 12.6. The molecule has 0 saturated heterocycles. The van der Waals surface area contributed by atoms with E-state index in [1.54, 1.807) is 11.7 Å². The van der Waals surface area contributed by atoms with E-state index < -0.39 is 24.3 Å². The molecule has 1 heterocycles. The molecule has 0 saturated carbocycles. The van der Waals surface area contributed by atoms with Gasteiger partial charge in [0.15, 0.2) is 0 Å². The minimum absolute atomic E-state index is 0.0613. The molecule has 4 N–H and O–H groups in total. The summed E-state index contributed by atoms with van der Waals surface area (Å²) in [5, 5.41) is 13.6. The van der Waals surface area contributed by atoms with Gasteiger partial charge in [0.05, 0.1) is 16.4 Å². The maximum absolute atomic E-state index is 12.6. The Balaban J connectivity index is 1.83. The van der Waals surface area contributed by atoms with Crippen LogP contribution in [0.15, 0.2) is 72.4 Å². The van der Waals surface area contributed by atoms with Crippen molar-refractivity contribution >= 4 is 23.5 Å². The van der Waals surface area contributed by atoms with Crippen molar-refractivity contribution < 1.29 is 24.2 Å². The van der Waals surface area contributed by atoms with E-state index in [4.69, 9.17) is 15.2 Å². The molecule has 9 heteroatoms. The first-order chi connectivity index (χ1) is 15.5. The molecule has 0 bridgehead atoms. The molecule has 2 aromatic carbocycles. The highest BCUT2D eigenvalue weighted by Crippen LogP contribution is 2.27. The van der Waals surface area contributed by atoms with Gasteiger partial charge < -0.3 is 25.6 Å². The molecule has 0 spiro atoms. The number of thiazole rings is 1. The predicted octanol–water partition coefficient (Wildman–Crippen LogP) is 3.22. The standard InChI is InChI=1S/C23H25N3O5S/c24-22(28)30-14-20(27)21(26-23(29)31-13-18-12-25-15-32-18)19(17-9-5-2-6-10-17)11-16-7-3-1-4-8-16/h1-10,12,15,19-21,27H,11,13-14H2,(H2,24,28)(H,26,29). The van der Waals surface area contributed by atoms with Crippen LogP contribution >= 0.6 is 11.3 Å². The number of rotatable bonds is 10. The highest BCUT2D eigenvalue weighted by atomic mass is 32.1. The highest BCUT2D eigenvalue weighted by molar-refractivity contribution is 7.09. The topological polar surface area (TPSA) is 124 Å². The highest BCUT2D eigenvalue weighted by Gasteiger charge is 2.32. The summed E-state index contributed by atoms with van der Waals surface area (Å²) in [6, 6.07) is 18.4. The van der Waals surface area contributed by atoms with Gasteiger partial charge in [-0.25, -0.2) is 9.59 Å². The zero-order valence-corrected chi connectivity index (χ0v) is 18.1. The Labute approximate surface area is 190 Å². The van der Waals surface area contributed by atoms with Crippen molar-refractivity contribution in [1.29, 1.82) is 0 Å². The summed E-state index contributed by atoms with van der Waals surface area (Å²) in [6.45, 7) is -0.307. The van der Waals surface area contributed by atoms with Crippen molar-refractivity contribution in [1.82, 2.24) is 10.3 Å². The number of nitrogens with two attached hydrogens (primary N) is 1. The molecular formula is C23H25N3O5S. The summed E-state index contributed by atoms with van der Waals surface area (Å²) < 4.78 is 10.1. The second-order valence-corrected chi connectivity index (χ2v) is 8.09. The maximum Gasteiger partial charge on any atom is 0.407 e. The Morgan fingerprint density at radius 2 is 1.75 bits per heavy atom. The Hall–Kier alpha value is -3.43. The number of amides is 2. The molecule has 0 aliphatic heterocycles. The van der Waals surface area contributed by atoms with E-state index in [0.29, 0.717) is 6.42 Å². The van der Waals surface area contributed by atoms with Crippen LogP contribution in [0.2, 0.25) is 0 Å². The largest absolute Gasteiger partial charge is 0.447 e. The molecule has 168 valence electrons. The lowest BCUT2D eigenvalue weighted by molar-refractivity contribution is 0.0386. The van der Waals surface area contributed by atoms with Crippen molar-refractivity contribution in [3.05, 3.63) is 88.4 Å². The van der Waals surface area contributed by atoms with Gasteiger partial charge in [-0.2, -0.15) is 0 Å². The summed E-state index contributed by atoms with van der Waals surface area (Å²) in [6.07, 6.45) is -0.774. The number of nitrogens with zero attached hydrogens (tertiary/aromatic N) is 1. The first-order valence-corrected chi connectivity index (χ1v) is 10.9. The Bertz CT molecular complexity index is 970. The van der Waals surface area contributed by atoms with Gasteiger partial charge in [-0.15, -0.1) is 11.3 Å². The number of ether oxygens (including phenoxy) is 2. The zero-order chi connectivity index (χ0) is 22.8. The summed E-state index contributed by atoms with van der Waals surface area (Å²) in [4.78, 5) is 28.4. The average Bonchev–Trinajstić information content (AvgIpc) is 3.33. The zero-order valence-electron chi connectivity index (χ0n) is 17.3. The molecule has 3 atom stereocenters. The van der Waals surface area contributed by atoms with Gasteiger partial charge in [-0.1, -0.05) is 60.7 Å². The lowest BCUT2D eigenvalue weighted by Gasteiger charge is -2.32. The molecule has 3 unspecified atom stereocenters. The van der Waals surface area contributed by atoms with E-state index in [1.165, 1.54) is 11.3 Å². The van der Waals surface area contributed by atoms with E-state index in [0.717, 1.165) is 16.0 Å². The Morgan fingerprint density at radius 1 is 1.06 bits per heavy atom. The van der Waals surface area contributed by atoms with Crippen LogP contribution < -0.4 is 11.1 Å². The first-order valence-electron chi connectivity index (χ1n) is 10.0. The summed E-state index contributed by atoms with van der Waals surface area (Å²) in [5.41, 5.74) is 8.64. The van der Waals surface area contributed by atoms with E-state index in [-0.39, 0.29) is 19.1 Å². The van der Waals surface area contributed by atoms with Gasteiger partial charge in [-0.05, 0) is 17.5 Å². The number of benzene rings is 2. The SMILES string of the molecule is NC(=O)OCC(O)C(NC(=O)OCc1cncs1)C(Cc1ccccc1)c1ccccc1. The summed E-state index contributed by atoms with van der Waals surface area (Å²) >= 11 is 1.37. The van der Waals surface area contributed by atoms with Crippen LogP contribution in [0.4, 0.5) is 9.59 Å². The number of hydrogen-bond acceptors (Lipinski definition) is 7. The molecule has 32 heavy (non-hydrogen) atoms. The number of primary amides is 1. The van der Waals surface area contributed by atoms with Gasteiger partial charge in [-0.3, -0.25) is 4.98 Å². The van der Waals surface area contributed by atoms with E-state index in [2.05, 4.69) is 10.3 Å². The molecule has 0 aliphatic rings. The fraction of sp³-hybridized carbons (Fsp3) is 0.261. The average molecular weight is 456 g/mol. The molecule has 0 fully saturated rings. The number of hydrogen-bond donors (Lipinski definition) is 3. The lowest BCUT2D eigenvalue weighted by Crippen LogP contribution is -2.50. The number of carbonyl (C=O) groups excluding carboxylic acids is 2. The number of alkyl carbamates (subject to hydrolysis) is 1. The number of aliphatic hydroxyl groups is 1. The third-order valence-corrected chi connectivity index (χ3v) is 5.64. The minimum Gasteiger partial charge on any atom is -0.447 e.